The summed E-state index contributed by atoms with van der Waals surface area (Å²) >= 11 is 0. The molecule has 0 aliphatic carbocycles. The van der Waals surface area contributed by atoms with E-state index in [9.17, 15) is 4.79 Å². The second-order valence-corrected chi connectivity index (χ2v) is 10.1. The molecule has 32 heavy (non-hydrogen) atoms. The Morgan fingerprint density at radius 1 is 0.844 bits per heavy atom. The van der Waals surface area contributed by atoms with Crippen molar-refractivity contribution in [1.29, 1.82) is 0 Å². The molecule has 1 N–H and O–H groups in total. The Balaban J connectivity index is 1.45. The highest BCUT2D eigenvalue weighted by Crippen LogP contribution is 2.22. The number of hydrogen-bond acceptors (Lipinski definition) is 3. The lowest BCUT2D eigenvalue weighted by Crippen LogP contribution is -2.08. The van der Waals surface area contributed by atoms with Crippen LogP contribution in [0.1, 0.15) is 53.2 Å². The van der Waals surface area contributed by atoms with Gasteiger partial charge in [0.25, 0.3) is 0 Å². The third kappa shape index (κ3) is 8.05. The molecule has 0 saturated carbocycles. The van der Waals surface area contributed by atoms with Gasteiger partial charge in [-0.05, 0) is 84.9 Å². The predicted molar refractivity (Wildman–Crippen MR) is 141 cm³/mol. The van der Waals surface area contributed by atoms with Gasteiger partial charge >= 0.3 is 5.97 Å². The SMILES string of the molecule is CCCc1ccc(C(=O)Oc2ccc(NCc3ccc(CCCCPP)cc3)cc2)cc1. The van der Waals surface area contributed by atoms with Crippen molar-refractivity contribution in [3.63, 3.8) is 0 Å². The van der Waals surface area contributed by atoms with Crippen LogP contribution in [0.5, 0.6) is 5.75 Å². The van der Waals surface area contributed by atoms with E-state index in [2.05, 4.69) is 45.4 Å². The fraction of sp³-hybridized carbons (Fsp3) is 0.296. The van der Waals surface area contributed by atoms with Crippen LogP contribution in [0, 0.1) is 0 Å². The van der Waals surface area contributed by atoms with Crippen molar-refractivity contribution in [2.75, 3.05) is 11.5 Å². The number of aryl methyl sites for hydroxylation is 2. The van der Waals surface area contributed by atoms with Gasteiger partial charge in [0, 0.05) is 12.2 Å². The summed E-state index contributed by atoms with van der Waals surface area (Å²) in [7, 11) is 3.81. The van der Waals surface area contributed by atoms with Gasteiger partial charge in [0.15, 0.2) is 0 Å². The molecule has 0 radical (unpaired) electrons. The van der Waals surface area contributed by atoms with Gasteiger partial charge in [0.2, 0.25) is 0 Å². The number of nitrogens with one attached hydrogen (secondary N) is 1. The van der Waals surface area contributed by atoms with E-state index in [1.165, 1.54) is 35.7 Å². The van der Waals surface area contributed by atoms with Crippen LogP contribution < -0.4 is 10.1 Å². The van der Waals surface area contributed by atoms with Crippen molar-refractivity contribution in [3.8, 4) is 5.75 Å². The van der Waals surface area contributed by atoms with E-state index < -0.39 is 0 Å². The Hall–Kier alpha value is -2.21. The Labute approximate surface area is 196 Å². The maximum atomic E-state index is 12.4. The lowest BCUT2D eigenvalue weighted by molar-refractivity contribution is 0.0735. The van der Waals surface area contributed by atoms with Crippen LogP contribution in [-0.4, -0.2) is 12.1 Å². The lowest BCUT2D eigenvalue weighted by atomic mass is 10.1. The van der Waals surface area contributed by atoms with Crippen LogP contribution >= 0.6 is 17.2 Å². The van der Waals surface area contributed by atoms with Gasteiger partial charge in [-0.3, -0.25) is 0 Å². The van der Waals surface area contributed by atoms with Crippen LogP contribution in [0.4, 0.5) is 5.69 Å². The number of carbonyl (C=O) groups is 1. The van der Waals surface area contributed by atoms with Crippen molar-refractivity contribution < 1.29 is 9.53 Å². The fourth-order valence-corrected chi connectivity index (χ4v) is 4.55. The van der Waals surface area contributed by atoms with Crippen LogP contribution in [0.25, 0.3) is 0 Å². The minimum atomic E-state index is -0.331. The summed E-state index contributed by atoms with van der Waals surface area (Å²) in [5, 5.41) is 3.43. The third-order valence-corrected chi connectivity index (χ3v) is 6.86. The van der Waals surface area contributed by atoms with Crippen molar-refractivity contribution in [1.82, 2.24) is 0 Å². The Kier molecular flexibility index (Phi) is 10.2. The third-order valence-electron chi connectivity index (χ3n) is 5.35. The van der Waals surface area contributed by atoms with E-state index in [1.54, 1.807) is 0 Å². The number of carbonyl (C=O) groups excluding carboxylic acids is 1. The highest BCUT2D eigenvalue weighted by molar-refractivity contribution is 8.02. The summed E-state index contributed by atoms with van der Waals surface area (Å²) < 4.78 is 5.51. The Bertz CT molecular complexity index is 954. The average Bonchev–Trinajstić information content (AvgIpc) is 2.83. The molecule has 2 unspecified atom stereocenters. The van der Waals surface area contributed by atoms with E-state index in [-0.39, 0.29) is 5.97 Å². The molecule has 0 aliphatic rings. The van der Waals surface area contributed by atoms with Crippen molar-refractivity contribution in [3.05, 3.63) is 95.1 Å². The predicted octanol–water partition coefficient (Wildman–Crippen LogP) is 7.26. The minimum absolute atomic E-state index is 0.331. The van der Waals surface area contributed by atoms with E-state index >= 15 is 0 Å². The van der Waals surface area contributed by atoms with E-state index in [0.29, 0.717) is 11.3 Å². The quantitative estimate of drug-likeness (QED) is 0.132. The summed E-state index contributed by atoms with van der Waals surface area (Å²) in [6.07, 6.45) is 7.16. The number of esters is 1. The molecule has 3 nitrogen and oxygen atoms in total. The molecule has 0 amide bonds. The molecular formula is C27H33NO2P2. The molecule has 0 aromatic heterocycles. The summed E-state index contributed by atoms with van der Waals surface area (Å²) in [6, 6.07) is 24.0. The number of benzene rings is 3. The first-order chi connectivity index (χ1) is 15.7. The lowest BCUT2D eigenvalue weighted by Gasteiger charge is -2.09. The van der Waals surface area contributed by atoms with Gasteiger partial charge in [-0.15, -0.1) is 17.2 Å². The zero-order chi connectivity index (χ0) is 22.6. The summed E-state index contributed by atoms with van der Waals surface area (Å²) in [6.45, 7) is 2.91. The minimum Gasteiger partial charge on any atom is -0.423 e. The molecule has 3 rings (SSSR count). The van der Waals surface area contributed by atoms with Crippen LogP contribution in [0.2, 0.25) is 0 Å². The second-order valence-electron chi connectivity index (χ2n) is 7.94. The molecule has 0 aliphatic heterocycles. The Morgan fingerprint density at radius 3 is 2.12 bits per heavy atom. The molecule has 0 spiro atoms. The summed E-state index contributed by atoms with van der Waals surface area (Å²) in [5.74, 6) is 0.215. The van der Waals surface area contributed by atoms with Crippen LogP contribution in [0.3, 0.4) is 0 Å². The molecule has 0 fully saturated rings. The smallest absolute Gasteiger partial charge is 0.343 e. The van der Waals surface area contributed by atoms with E-state index in [1.807, 2.05) is 48.5 Å². The van der Waals surface area contributed by atoms with Crippen LogP contribution in [-0.2, 0) is 19.4 Å². The first-order valence-corrected chi connectivity index (χ1v) is 14.4. The number of ether oxygens (including phenoxy) is 1. The van der Waals surface area contributed by atoms with Gasteiger partial charge < -0.3 is 10.1 Å². The highest BCUT2D eigenvalue weighted by atomic mass is 32.0. The summed E-state index contributed by atoms with van der Waals surface area (Å²) in [5.41, 5.74) is 5.46. The average molecular weight is 466 g/mol. The fourth-order valence-electron chi connectivity index (χ4n) is 3.49. The van der Waals surface area contributed by atoms with Gasteiger partial charge in [-0.2, -0.15) is 0 Å². The summed E-state index contributed by atoms with van der Waals surface area (Å²) in [4.78, 5) is 12.4. The topological polar surface area (TPSA) is 38.3 Å². The van der Waals surface area contributed by atoms with Gasteiger partial charge in [0.05, 0.1) is 5.56 Å². The van der Waals surface area contributed by atoms with Gasteiger partial charge in [-0.25, -0.2) is 4.79 Å². The first-order valence-electron chi connectivity index (χ1n) is 11.3. The number of hydrogen-bond donors (Lipinski definition) is 1. The number of unbranched alkanes of at least 4 members (excludes halogenated alkanes) is 1. The molecule has 5 heteroatoms. The van der Waals surface area contributed by atoms with Gasteiger partial charge in [-0.1, -0.05) is 49.7 Å². The number of anilines is 1. The van der Waals surface area contributed by atoms with Crippen molar-refractivity contribution in [2.24, 2.45) is 0 Å². The normalized spacial score (nSPS) is 11.1. The van der Waals surface area contributed by atoms with Crippen molar-refractivity contribution in [2.45, 2.75) is 45.6 Å². The largest absolute Gasteiger partial charge is 0.423 e. The van der Waals surface area contributed by atoms with Crippen molar-refractivity contribution >= 4 is 28.9 Å². The maximum absolute atomic E-state index is 12.4. The Morgan fingerprint density at radius 2 is 1.47 bits per heavy atom. The molecule has 2 atom stereocenters. The molecule has 168 valence electrons. The highest BCUT2D eigenvalue weighted by Gasteiger charge is 2.08. The first kappa shape index (κ1) is 24.4. The standard InChI is InChI=1S/C27H33NO2P2/c1-2-5-21-11-13-24(14-12-21)27(29)30-26-17-15-25(16-18-26)28-20-23-9-7-22(8-10-23)6-3-4-19-32-31/h7-18,28,32H,2-6,19-20,31H2,1H3. The van der Waals surface area contributed by atoms with Gasteiger partial charge in [0.1, 0.15) is 5.75 Å². The zero-order valence-electron chi connectivity index (χ0n) is 18.8. The monoisotopic (exact) mass is 465 g/mol. The molecule has 3 aromatic carbocycles. The molecule has 0 bridgehead atoms. The van der Waals surface area contributed by atoms with Crippen LogP contribution in [0.15, 0.2) is 72.8 Å². The van der Waals surface area contributed by atoms with E-state index in [0.717, 1.165) is 39.8 Å². The maximum Gasteiger partial charge on any atom is 0.343 e. The molecular weight excluding hydrogens is 432 g/mol. The molecule has 3 aromatic rings. The van der Waals surface area contributed by atoms with E-state index in [4.69, 9.17) is 4.74 Å². The zero-order valence-corrected chi connectivity index (χ0v) is 20.9. The molecule has 0 saturated heterocycles. The number of rotatable bonds is 12. The molecule has 0 heterocycles. The second kappa shape index (κ2) is 13.4.